The zero-order chi connectivity index (χ0) is 17.5. The van der Waals surface area contributed by atoms with Gasteiger partial charge in [-0.25, -0.2) is 4.98 Å². The van der Waals surface area contributed by atoms with Crippen molar-refractivity contribution in [3.05, 3.63) is 71.7 Å². The smallest absolute Gasteiger partial charge is 0.229 e. The van der Waals surface area contributed by atoms with Gasteiger partial charge in [-0.1, -0.05) is 32.0 Å². The summed E-state index contributed by atoms with van der Waals surface area (Å²) in [6.07, 6.45) is 7.28. The Hall–Kier alpha value is -2.95. The maximum atomic E-state index is 4.58. The Morgan fingerprint density at radius 3 is 2.28 bits per heavy atom. The monoisotopic (exact) mass is 333 g/mol. The maximum Gasteiger partial charge on any atom is 0.229 e. The maximum absolute atomic E-state index is 4.58. The summed E-state index contributed by atoms with van der Waals surface area (Å²) in [5, 5.41) is 6.73. The van der Waals surface area contributed by atoms with Gasteiger partial charge in [-0.15, -0.1) is 0 Å². The van der Waals surface area contributed by atoms with Gasteiger partial charge in [0.2, 0.25) is 5.95 Å². The third-order valence-electron chi connectivity index (χ3n) is 4.11. The molecule has 0 spiro atoms. The lowest BCUT2D eigenvalue weighted by atomic mass is 10.0. The molecule has 5 heteroatoms. The van der Waals surface area contributed by atoms with Gasteiger partial charge < -0.3 is 10.6 Å². The number of pyridine rings is 1. The molecule has 3 aromatic rings. The predicted molar refractivity (Wildman–Crippen MR) is 102 cm³/mol. The van der Waals surface area contributed by atoms with Crippen LogP contribution in [-0.4, -0.2) is 15.0 Å². The Kier molecular flexibility index (Phi) is 5.57. The second-order valence-corrected chi connectivity index (χ2v) is 5.76. The highest BCUT2D eigenvalue weighted by Gasteiger charge is 2.08. The first-order valence-electron chi connectivity index (χ1n) is 8.63. The molecular weight excluding hydrogens is 310 g/mol. The van der Waals surface area contributed by atoms with Crippen LogP contribution in [0.15, 0.2) is 55.0 Å². The third kappa shape index (κ3) is 4.32. The molecule has 5 nitrogen and oxygen atoms in total. The lowest BCUT2D eigenvalue weighted by molar-refractivity contribution is 1.06. The van der Waals surface area contributed by atoms with Crippen molar-refractivity contribution in [1.29, 1.82) is 0 Å². The van der Waals surface area contributed by atoms with Crippen molar-refractivity contribution >= 4 is 17.5 Å². The molecule has 2 heterocycles. The first-order chi connectivity index (χ1) is 12.3. The van der Waals surface area contributed by atoms with E-state index in [9.17, 15) is 0 Å². The van der Waals surface area contributed by atoms with Crippen LogP contribution < -0.4 is 10.6 Å². The number of nitrogens with one attached hydrogen (secondary N) is 2. The van der Waals surface area contributed by atoms with Crippen molar-refractivity contribution in [2.75, 3.05) is 10.6 Å². The molecule has 0 aliphatic rings. The summed E-state index contributed by atoms with van der Waals surface area (Å²) in [5.74, 6) is 1.40. The normalized spacial score (nSPS) is 10.5. The van der Waals surface area contributed by atoms with E-state index in [1.165, 1.54) is 11.1 Å². The van der Waals surface area contributed by atoms with E-state index in [4.69, 9.17) is 0 Å². The Bertz CT molecular complexity index is 795. The molecule has 0 aliphatic carbocycles. The number of hydrogen-bond acceptors (Lipinski definition) is 5. The number of benzene rings is 1. The highest BCUT2D eigenvalue weighted by atomic mass is 15.1. The van der Waals surface area contributed by atoms with Crippen molar-refractivity contribution in [3.63, 3.8) is 0 Å². The van der Waals surface area contributed by atoms with Gasteiger partial charge in [-0.2, -0.15) is 4.98 Å². The van der Waals surface area contributed by atoms with Crippen molar-refractivity contribution in [2.45, 2.75) is 33.2 Å². The van der Waals surface area contributed by atoms with Crippen LogP contribution in [0.2, 0.25) is 0 Å². The first-order valence-corrected chi connectivity index (χ1v) is 8.63. The average Bonchev–Trinajstić information content (AvgIpc) is 2.67. The van der Waals surface area contributed by atoms with E-state index in [-0.39, 0.29) is 0 Å². The van der Waals surface area contributed by atoms with E-state index < -0.39 is 0 Å². The minimum absolute atomic E-state index is 0.607. The van der Waals surface area contributed by atoms with Gasteiger partial charge in [0.1, 0.15) is 5.82 Å². The summed E-state index contributed by atoms with van der Waals surface area (Å²) < 4.78 is 0. The molecule has 128 valence electrons. The molecule has 0 unspecified atom stereocenters. The van der Waals surface area contributed by atoms with E-state index in [0.29, 0.717) is 12.5 Å². The molecule has 0 radical (unpaired) electrons. The molecule has 0 saturated heterocycles. The molecule has 1 aromatic carbocycles. The summed E-state index contributed by atoms with van der Waals surface area (Å²) in [4.78, 5) is 13.0. The zero-order valence-electron chi connectivity index (χ0n) is 14.7. The van der Waals surface area contributed by atoms with Crippen molar-refractivity contribution in [1.82, 2.24) is 15.0 Å². The SMILES string of the molecule is CCc1cccc(CC)c1Nc1nccc(NCc2ccncc2)n1. The van der Waals surface area contributed by atoms with Gasteiger partial charge in [0.05, 0.1) is 0 Å². The minimum atomic E-state index is 0.607. The molecule has 0 aliphatic heterocycles. The van der Waals surface area contributed by atoms with Crippen molar-refractivity contribution in [3.8, 4) is 0 Å². The second kappa shape index (κ2) is 8.24. The molecule has 0 amide bonds. The van der Waals surface area contributed by atoms with Crippen LogP contribution in [0.3, 0.4) is 0 Å². The molecule has 0 saturated carbocycles. The summed E-state index contributed by atoms with van der Waals surface area (Å²) in [6, 6.07) is 12.2. The van der Waals surface area contributed by atoms with Crippen LogP contribution in [-0.2, 0) is 19.4 Å². The van der Waals surface area contributed by atoms with Crippen LogP contribution in [0, 0.1) is 0 Å². The Morgan fingerprint density at radius 1 is 0.880 bits per heavy atom. The van der Waals surface area contributed by atoms with Gasteiger partial charge in [0.15, 0.2) is 0 Å². The van der Waals surface area contributed by atoms with Gasteiger partial charge in [0, 0.05) is 30.8 Å². The highest BCUT2D eigenvalue weighted by Crippen LogP contribution is 2.25. The van der Waals surface area contributed by atoms with Gasteiger partial charge in [0.25, 0.3) is 0 Å². The largest absolute Gasteiger partial charge is 0.366 e. The number of rotatable bonds is 7. The lowest BCUT2D eigenvalue weighted by Crippen LogP contribution is -2.06. The zero-order valence-corrected chi connectivity index (χ0v) is 14.7. The quantitative estimate of drug-likeness (QED) is 0.673. The van der Waals surface area contributed by atoms with E-state index in [0.717, 1.165) is 29.9 Å². The topological polar surface area (TPSA) is 62.7 Å². The summed E-state index contributed by atoms with van der Waals surface area (Å²) in [6.45, 7) is 5.02. The van der Waals surface area contributed by atoms with Crippen LogP contribution >= 0.6 is 0 Å². The molecule has 25 heavy (non-hydrogen) atoms. The molecule has 0 bridgehead atoms. The number of aromatic nitrogens is 3. The number of hydrogen-bond donors (Lipinski definition) is 2. The van der Waals surface area contributed by atoms with Crippen LogP contribution in [0.1, 0.15) is 30.5 Å². The van der Waals surface area contributed by atoms with Crippen molar-refractivity contribution < 1.29 is 0 Å². The van der Waals surface area contributed by atoms with Crippen LogP contribution in [0.25, 0.3) is 0 Å². The number of aryl methyl sites for hydroxylation is 2. The Balaban J connectivity index is 1.76. The summed E-state index contributed by atoms with van der Waals surface area (Å²) >= 11 is 0. The molecular formula is C20H23N5. The third-order valence-corrected chi connectivity index (χ3v) is 4.11. The Labute approximate surface area is 148 Å². The Morgan fingerprint density at radius 2 is 1.60 bits per heavy atom. The fourth-order valence-electron chi connectivity index (χ4n) is 2.73. The molecule has 2 N–H and O–H groups in total. The molecule has 0 fully saturated rings. The number of nitrogens with zero attached hydrogens (tertiary/aromatic N) is 3. The van der Waals surface area contributed by atoms with Gasteiger partial charge >= 0.3 is 0 Å². The van der Waals surface area contributed by atoms with Gasteiger partial charge in [-0.05, 0) is 47.7 Å². The lowest BCUT2D eigenvalue weighted by Gasteiger charge is -2.15. The summed E-state index contributed by atoms with van der Waals surface area (Å²) in [5.41, 5.74) is 4.84. The standard InChI is InChI=1S/C20H23N5/c1-3-16-6-5-7-17(4-2)19(16)25-20-22-13-10-18(24-20)23-14-15-8-11-21-12-9-15/h5-13H,3-4,14H2,1-2H3,(H2,22,23,24,25). The van der Waals surface area contributed by atoms with E-state index >= 15 is 0 Å². The van der Waals surface area contributed by atoms with Crippen LogP contribution in [0.5, 0.6) is 0 Å². The first kappa shape index (κ1) is 16.9. The minimum Gasteiger partial charge on any atom is -0.366 e. The highest BCUT2D eigenvalue weighted by molar-refractivity contribution is 5.64. The van der Waals surface area contributed by atoms with E-state index in [1.807, 2.05) is 18.2 Å². The van der Waals surface area contributed by atoms with E-state index in [2.05, 4.69) is 57.6 Å². The number of para-hydroxylation sites is 1. The fourth-order valence-corrected chi connectivity index (χ4v) is 2.73. The number of anilines is 3. The molecule has 0 atom stereocenters. The van der Waals surface area contributed by atoms with Crippen LogP contribution in [0.4, 0.5) is 17.5 Å². The van der Waals surface area contributed by atoms with E-state index in [1.54, 1.807) is 18.6 Å². The molecule has 2 aromatic heterocycles. The van der Waals surface area contributed by atoms with Crippen molar-refractivity contribution in [2.24, 2.45) is 0 Å². The fraction of sp³-hybridized carbons (Fsp3) is 0.250. The second-order valence-electron chi connectivity index (χ2n) is 5.76. The van der Waals surface area contributed by atoms with Gasteiger partial charge in [-0.3, -0.25) is 4.98 Å². The summed E-state index contributed by atoms with van der Waals surface area (Å²) in [7, 11) is 0. The average molecular weight is 333 g/mol. The predicted octanol–water partition coefficient (Wildman–Crippen LogP) is 4.35. The molecule has 3 rings (SSSR count).